The van der Waals surface area contributed by atoms with Gasteiger partial charge in [-0.25, -0.2) is 0 Å². The Kier molecular flexibility index (Phi) is 17.4. The fraction of sp³-hybridized carbons (Fsp3) is 0.355. The van der Waals surface area contributed by atoms with Crippen LogP contribution in [0.4, 0.5) is 0 Å². The maximum Gasteiger partial charge on any atom is 0.239 e. The zero-order valence-corrected chi connectivity index (χ0v) is 25.0. The Morgan fingerprint density at radius 3 is 2.51 bits per heavy atom. The predicted octanol–water partition coefficient (Wildman–Crippen LogP) is 6.16. The van der Waals surface area contributed by atoms with E-state index in [1.165, 1.54) is 21.6 Å². The number of carbonyl (C=O) groups excluding carboxylic acids is 1. The summed E-state index contributed by atoms with van der Waals surface area (Å²) in [5.41, 5.74) is 8.40. The summed E-state index contributed by atoms with van der Waals surface area (Å²) in [4.78, 5) is 18.6. The molecule has 39 heavy (non-hydrogen) atoms. The molecule has 0 spiro atoms. The van der Waals surface area contributed by atoms with Crippen molar-refractivity contribution in [1.82, 2.24) is 10.6 Å². The second-order valence-corrected chi connectivity index (χ2v) is 9.87. The molecule has 2 aromatic carbocycles. The smallest absolute Gasteiger partial charge is 0.239 e. The van der Waals surface area contributed by atoms with Gasteiger partial charge in [0.15, 0.2) is 0 Å². The number of hydrogen-bond acceptors (Lipinski definition) is 5. The van der Waals surface area contributed by atoms with Crippen molar-refractivity contribution >= 4 is 35.1 Å². The number of hydrogen-bond donors (Lipinski definition) is 3. The fourth-order valence-corrected chi connectivity index (χ4v) is 4.45. The Hall–Kier alpha value is -3.02. The normalized spacial score (nSPS) is 13.7. The van der Waals surface area contributed by atoms with Crippen LogP contribution in [0.15, 0.2) is 81.7 Å². The quantitative estimate of drug-likeness (QED) is 0.191. The summed E-state index contributed by atoms with van der Waals surface area (Å²) >= 11 is 7.76. The van der Waals surface area contributed by atoms with Gasteiger partial charge >= 0.3 is 0 Å². The molecule has 3 rings (SSSR count). The van der Waals surface area contributed by atoms with E-state index >= 15 is 0 Å². The van der Waals surface area contributed by atoms with Crippen LogP contribution in [0.3, 0.4) is 0 Å². The number of amides is 1. The van der Waals surface area contributed by atoms with Gasteiger partial charge in [0.1, 0.15) is 11.8 Å². The number of aliphatic imine (C=N–C) groups is 1. The van der Waals surface area contributed by atoms with Crippen LogP contribution in [0.1, 0.15) is 45.2 Å². The van der Waals surface area contributed by atoms with E-state index in [1.807, 2.05) is 49.9 Å². The van der Waals surface area contributed by atoms with Gasteiger partial charge in [0, 0.05) is 39.2 Å². The van der Waals surface area contributed by atoms with Gasteiger partial charge in [-0.05, 0) is 50.6 Å². The Balaban J connectivity index is 0.000000406. The van der Waals surface area contributed by atoms with Crippen molar-refractivity contribution in [3.63, 3.8) is 0 Å². The Bertz CT molecular complexity index is 1140. The lowest BCUT2D eigenvalue weighted by molar-refractivity contribution is -0.122. The monoisotopic (exact) mass is 568 g/mol. The molecule has 0 saturated carbocycles. The first-order valence-corrected chi connectivity index (χ1v) is 14.2. The molecule has 1 amide bonds. The maximum atomic E-state index is 11.2. The van der Waals surface area contributed by atoms with Crippen molar-refractivity contribution in [2.45, 2.75) is 45.6 Å². The number of thioether (sulfide) groups is 1. The van der Waals surface area contributed by atoms with Crippen LogP contribution in [-0.4, -0.2) is 38.0 Å². The first-order valence-electron chi connectivity index (χ1n) is 13.0. The van der Waals surface area contributed by atoms with Gasteiger partial charge in [-0.1, -0.05) is 79.5 Å². The minimum atomic E-state index is -0.540. The zero-order chi connectivity index (χ0) is 29.0. The highest BCUT2D eigenvalue weighted by atomic mass is 35.5. The summed E-state index contributed by atoms with van der Waals surface area (Å²) in [6, 6.07) is 16.3. The lowest BCUT2D eigenvalue weighted by atomic mass is 10.1. The molecule has 1 aliphatic heterocycles. The van der Waals surface area contributed by atoms with Gasteiger partial charge in [-0.2, -0.15) is 0 Å². The maximum absolute atomic E-state index is 11.2. The van der Waals surface area contributed by atoms with Gasteiger partial charge in [0.05, 0.1) is 13.2 Å². The molecular formula is C31H41ClN4O2S. The molecule has 0 aliphatic carbocycles. The molecule has 6 nitrogen and oxygen atoms in total. The van der Waals surface area contributed by atoms with Crippen LogP contribution < -0.4 is 16.4 Å². The van der Waals surface area contributed by atoms with Crippen LogP contribution in [0.5, 0.6) is 0 Å². The number of benzene rings is 2. The molecule has 4 N–H and O–H groups in total. The van der Waals surface area contributed by atoms with E-state index in [1.54, 1.807) is 0 Å². The van der Waals surface area contributed by atoms with Crippen molar-refractivity contribution in [3.05, 3.63) is 87.9 Å². The van der Waals surface area contributed by atoms with Gasteiger partial charge < -0.3 is 21.1 Å². The number of amidine groups is 1. The van der Waals surface area contributed by atoms with Gasteiger partial charge in [0.2, 0.25) is 5.91 Å². The third kappa shape index (κ3) is 12.6. The number of allylic oxidation sites excluding steroid dienone is 2. The van der Waals surface area contributed by atoms with Crippen LogP contribution >= 0.6 is 23.4 Å². The van der Waals surface area contributed by atoms with Gasteiger partial charge in [-0.15, -0.1) is 13.0 Å². The number of rotatable bonds is 9. The summed E-state index contributed by atoms with van der Waals surface area (Å²) in [6.07, 6.45) is 7.51. The second-order valence-electron chi connectivity index (χ2n) is 8.18. The number of fused-ring (bicyclic) bond motifs is 1. The molecule has 0 fully saturated rings. The van der Waals surface area contributed by atoms with Crippen LogP contribution in [0.2, 0.25) is 5.02 Å². The minimum Gasteiger partial charge on any atom is -0.380 e. The van der Waals surface area contributed by atoms with E-state index in [4.69, 9.17) is 33.5 Å². The molecule has 1 atom stereocenters. The summed E-state index contributed by atoms with van der Waals surface area (Å²) in [5.74, 6) is 2.53. The van der Waals surface area contributed by atoms with Crippen molar-refractivity contribution < 1.29 is 9.53 Å². The molecule has 1 aliphatic rings. The summed E-state index contributed by atoms with van der Waals surface area (Å²) in [5, 5.41) is 6.93. The molecule has 0 saturated heterocycles. The van der Waals surface area contributed by atoms with Crippen LogP contribution in [0, 0.1) is 18.3 Å². The molecular weight excluding hydrogens is 528 g/mol. The van der Waals surface area contributed by atoms with Crippen molar-refractivity contribution in [2.24, 2.45) is 16.6 Å². The summed E-state index contributed by atoms with van der Waals surface area (Å²) in [7, 11) is 0. The van der Waals surface area contributed by atoms with Crippen LogP contribution in [0.25, 0.3) is 0 Å². The topological polar surface area (TPSA) is 88.7 Å². The van der Waals surface area contributed by atoms with E-state index in [9.17, 15) is 4.79 Å². The zero-order valence-electron chi connectivity index (χ0n) is 23.4. The molecule has 210 valence electrons. The van der Waals surface area contributed by atoms with Crippen molar-refractivity contribution in [1.29, 1.82) is 0 Å². The van der Waals surface area contributed by atoms with E-state index in [0.29, 0.717) is 26.3 Å². The average molecular weight is 569 g/mol. The SMILES string of the molecule is C#CC(C=C)C(=O)NCCOCC.CCC1=C(C)Sc2ccccc2C(=NCc2ccc(Cl)cc2)N1.CCN. The van der Waals surface area contributed by atoms with Gasteiger partial charge in [-0.3, -0.25) is 9.79 Å². The highest BCUT2D eigenvalue weighted by molar-refractivity contribution is 8.03. The van der Waals surface area contributed by atoms with E-state index in [2.05, 4.69) is 61.2 Å². The predicted molar refractivity (Wildman–Crippen MR) is 167 cm³/mol. The summed E-state index contributed by atoms with van der Waals surface area (Å²) < 4.78 is 5.04. The number of carbonyl (C=O) groups is 1. The van der Waals surface area contributed by atoms with Gasteiger partial charge in [0.25, 0.3) is 0 Å². The van der Waals surface area contributed by atoms with E-state index < -0.39 is 5.92 Å². The second kappa shape index (κ2) is 20.0. The standard InChI is InChI=1S/C19H19ClN2S.C10H15NO2.C2H7N/c1-3-17-13(2)23-18-7-5-4-6-16(18)19(22-17)21-12-14-8-10-15(20)11-9-14;1-4-9(5-2)10(12)11-7-8-13-6-3;1-2-3/h4-11H,3,12H2,1-2H3,(H,21,22);1,5,9H,2,6-8H2,3H3,(H,11,12);2-3H2,1H3. The van der Waals surface area contributed by atoms with E-state index in [0.717, 1.165) is 35.0 Å². The minimum absolute atomic E-state index is 0.197. The highest BCUT2D eigenvalue weighted by Crippen LogP contribution is 2.34. The largest absolute Gasteiger partial charge is 0.380 e. The number of ether oxygens (including phenoxy) is 1. The number of halogens is 1. The molecule has 8 heteroatoms. The number of terminal acetylenes is 1. The number of nitrogens with zero attached hydrogens (tertiary/aromatic N) is 1. The third-order valence-corrected chi connectivity index (χ3v) is 6.61. The molecule has 0 aromatic heterocycles. The van der Waals surface area contributed by atoms with Crippen molar-refractivity contribution in [2.75, 3.05) is 26.3 Å². The van der Waals surface area contributed by atoms with Crippen LogP contribution in [-0.2, 0) is 16.1 Å². The average Bonchev–Trinajstić information content (AvgIpc) is 3.07. The fourth-order valence-electron chi connectivity index (χ4n) is 3.25. The number of nitrogens with one attached hydrogen (secondary N) is 2. The Morgan fingerprint density at radius 1 is 1.26 bits per heavy atom. The highest BCUT2D eigenvalue weighted by Gasteiger charge is 2.17. The molecule has 0 bridgehead atoms. The third-order valence-electron chi connectivity index (χ3n) is 5.23. The van der Waals surface area contributed by atoms with Crippen molar-refractivity contribution in [3.8, 4) is 12.3 Å². The van der Waals surface area contributed by atoms with E-state index in [-0.39, 0.29) is 5.91 Å². The Labute approximate surface area is 243 Å². The lowest BCUT2D eigenvalue weighted by Gasteiger charge is -2.11. The molecule has 2 aromatic rings. The molecule has 1 unspecified atom stereocenters. The molecule has 0 radical (unpaired) electrons. The first-order chi connectivity index (χ1) is 18.8. The molecule has 1 heterocycles. The summed E-state index contributed by atoms with van der Waals surface area (Å²) in [6.45, 7) is 14.6. The number of nitrogens with two attached hydrogens (primary N) is 1. The Morgan fingerprint density at radius 2 is 1.92 bits per heavy atom. The first kappa shape index (κ1) is 34.0. The lowest BCUT2D eigenvalue weighted by Crippen LogP contribution is -2.31.